The van der Waals surface area contributed by atoms with Crippen molar-refractivity contribution in [3.05, 3.63) is 97.0 Å². The minimum absolute atomic E-state index is 0.118. The molecule has 0 aliphatic heterocycles. The highest BCUT2D eigenvalue weighted by molar-refractivity contribution is 7.17. The standard InChI is InChI=1S/C23H19F2N3O3S/c1-13-3-6-17(9-14(13)2)28-22(30)21-19(7-8-32-21)27(23(28)31)12-20(29)26-11-15-4-5-16(24)10-18(15)25/h3-10H,11-12H2,1-2H3,(H,26,29). The van der Waals surface area contributed by atoms with Crippen LogP contribution in [0.1, 0.15) is 16.7 Å². The van der Waals surface area contributed by atoms with Crippen LogP contribution in [0.5, 0.6) is 0 Å². The first kappa shape index (κ1) is 21.6. The largest absolute Gasteiger partial charge is 0.350 e. The Kier molecular flexibility index (Phi) is 5.75. The molecule has 0 fully saturated rings. The first-order valence-corrected chi connectivity index (χ1v) is 10.7. The van der Waals surface area contributed by atoms with Gasteiger partial charge in [-0.3, -0.25) is 14.2 Å². The van der Waals surface area contributed by atoms with Gasteiger partial charge in [0.2, 0.25) is 5.91 Å². The molecular weight excluding hydrogens is 436 g/mol. The van der Waals surface area contributed by atoms with Crippen molar-refractivity contribution in [3.8, 4) is 5.69 Å². The number of halogens is 2. The maximum absolute atomic E-state index is 13.8. The van der Waals surface area contributed by atoms with E-state index in [0.29, 0.717) is 15.9 Å². The summed E-state index contributed by atoms with van der Waals surface area (Å²) in [5, 5.41) is 4.22. The molecule has 0 bridgehead atoms. The Labute approximate surface area is 185 Å². The smallest absolute Gasteiger partial charge is 0.336 e. The van der Waals surface area contributed by atoms with E-state index >= 15 is 0 Å². The monoisotopic (exact) mass is 455 g/mol. The van der Waals surface area contributed by atoms with Gasteiger partial charge in [0.25, 0.3) is 5.56 Å². The third kappa shape index (κ3) is 3.99. The number of carbonyl (C=O) groups is 1. The molecule has 4 aromatic rings. The molecule has 0 aliphatic carbocycles. The zero-order valence-electron chi connectivity index (χ0n) is 17.3. The second kappa shape index (κ2) is 8.51. The average Bonchev–Trinajstić information content (AvgIpc) is 3.23. The van der Waals surface area contributed by atoms with E-state index in [2.05, 4.69) is 5.32 Å². The molecule has 1 amide bonds. The molecule has 2 aromatic heterocycles. The lowest BCUT2D eigenvalue weighted by molar-refractivity contribution is -0.121. The number of benzene rings is 2. The molecule has 0 saturated heterocycles. The van der Waals surface area contributed by atoms with Gasteiger partial charge in [0, 0.05) is 18.2 Å². The van der Waals surface area contributed by atoms with E-state index in [-0.39, 0.29) is 18.7 Å². The van der Waals surface area contributed by atoms with E-state index in [1.807, 2.05) is 19.9 Å². The lowest BCUT2D eigenvalue weighted by Crippen LogP contribution is -2.41. The predicted molar refractivity (Wildman–Crippen MR) is 119 cm³/mol. The Morgan fingerprint density at radius 3 is 2.53 bits per heavy atom. The molecule has 9 heteroatoms. The van der Waals surface area contributed by atoms with Crippen LogP contribution < -0.4 is 16.6 Å². The van der Waals surface area contributed by atoms with Crippen LogP contribution in [0.25, 0.3) is 15.9 Å². The molecule has 0 spiro atoms. The first-order chi connectivity index (χ1) is 15.3. The van der Waals surface area contributed by atoms with Crippen molar-refractivity contribution in [2.24, 2.45) is 0 Å². The molecule has 0 unspecified atom stereocenters. The number of fused-ring (bicyclic) bond motifs is 1. The van der Waals surface area contributed by atoms with Gasteiger partial charge in [-0.25, -0.2) is 18.1 Å². The summed E-state index contributed by atoms with van der Waals surface area (Å²) >= 11 is 1.18. The van der Waals surface area contributed by atoms with Crippen molar-refractivity contribution in [2.45, 2.75) is 26.9 Å². The van der Waals surface area contributed by atoms with Crippen molar-refractivity contribution in [2.75, 3.05) is 0 Å². The van der Waals surface area contributed by atoms with E-state index in [1.165, 1.54) is 22.0 Å². The molecular formula is C23H19F2N3O3S. The fourth-order valence-electron chi connectivity index (χ4n) is 3.39. The maximum Gasteiger partial charge on any atom is 0.336 e. The lowest BCUT2D eigenvalue weighted by Gasteiger charge is -2.13. The van der Waals surface area contributed by atoms with E-state index < -0.39 is 28.8 Å². The number of hydrogen-bond acceptors (Lipinski definition) is 4. The number of amides is 1. The van der Waals surface area contributed by atoms with Crippen LogP contribution in [0, 0.1) is 25.5 Å². The Balaban J connectivity index is 1.70. The molecule has 6 nitrogen and oxygen atoms in total. The summed E-state index contributed by atoms with van der Waals surface area (Å²) in [6, 6.07) is 9.95. The fraction of sp³-hybridized carbons (Fsp3) is 0.174. The van der Waals surface area contributed by atoms with E-state index in [1.54, 1.807) is 23.6 Å². The normalized spacial score (nSPS) is 11.1. The zero-order chi connectivity index (χ0) is 23.0. The van der Waals surface area contributed by atoms with Crippen LogP contribution in [0.3, 0.4) is 0 Å². The van der Waals surface area contributed by atoms with Gasteiger partial charge >= 0.3 is 5.69 Å². The summed E-state index contributed by atoms with van der Waals surface area (Å²) in [6.45, 7) is 3.29. The highest BCUT2D eigenvalue weighted by atomic mass is 32.1. The highest BCUT2D eigenvalue weighted by Gasteiger charge is 2.18. The molecule has 0 atom stereocenters. The topological polar surface area (TPSA) is 73.1 Å². The van der Waals surface area contributed by atoms with Crippen LogP contribution in [-0.4, -0.2) is 15.0 Å². The van der Waals surface area contributed by atoms with Crippen LogP contribution in [0.15, 0.2) is 57.4 Å². The fourth-order valence-corrected chi connectivity index (χ4v) is 4.21. The predicted octanol–water partition coefficient (Wildman–Crippen LogP) is 3.43. The van der Waals surface area contributed by atoms with Crippen LogP contribution in [0.4, 0.5) is 8.78 Å². The summed E-state index contributed by atoms with van der Waals surface area (Å²) in [5.41, 5.74) is 1.74. The van der Waals surface area contributed by atoms with Gasteiger partial charge in [0.05, 0.1) is 11.2 Å². The third-order valence-electron chi connectivity index (χ3n) is 5.30. The van der Waals surface area contributed by atoms with Crippen molar-refractivity contribution in [3.63, 3.8) is 0 Å². The molecule has 4 rings (SSSR count). The summed E-state index contributed by atoms with van der Waals surface area (Å²) in [6.07, 6.45) is 0. The number of nitrogens with zero attached hydrogens (tertiary/aromatic N) is 2. The van der Waals surface area contributed by atoms with Gasteiger partial charge in [-0.2, -0.15) is 0 Å². The Bertz CT molecular complexity index is 1470. The quantitative estimate of drug-likeness (QED) is 0.501. The average molecular weight is 455 g/mol. The van der Waals surface area contributed by atoms with Crippen molar-refractivity contribution >= 4 is 27.5 Å². The minimum atomic E-state index is -0.772. The summed E-state index contributed by atoms with van der Waals surface area (Å²) in [7, 11) is 0. The van der Waals surface area contributed by atoms with Gasteiger partial charge in [0.15, 0.2) is 0 Å². The molecule has 0 radical (unpaired) electrons. The second-order valence-electron chi connectivity index (χ2n) is 7.43. The Morgan fingerprint density at radius 1 is 1.03 bits per heavy atom. The van der Waals surface area contributed by atoms with Gasteiger partial charge in [0.1, 0.15) is 22.9 Å². The number of nitrogens with one attached hydrogen (secondary N) is 1. The van der Waals surface area contributed by atoms with Crippen LogP contribution >= 0.6 is 11.3 Å². The lowest BCUT2D eigenvalue weighted by atomic mass is 10.1. The first-order valence-electron chi connectivity index (χ1n) is 9.77. The minimum Gasteiger partial charge on any atom is -0.350 e. The summed E-state index contributed by atoms with van der Waals surface area (Å²) in [5.74, 6) is -2.03. The van der Waals surface area contributed by atoms with Crippen LogP contribution in [-0.2, 0) is 17.9 Å². The van der Waals surface area contributed by atoms with Crippen molar-refractivity contribution in [1.82, 2.24) is 14.5 Å². The van der Waals surface area contributed by atoms with Gasteiger partial charge in [-0.05, 0) is 54.6 Å². The molecule has 2 aromatic carbocycles. The van der Waals surface area contributed by atoms with E-state index in [0.717, 1.165) is 27.8 Å². The summed E-state index contributed by atoms with van der Waals surface area (Å²) < 4.78 is 29.5. The van der Waals surface area contributed by atoms with Gasteiger partial charge in [-0.15, -0.1) is 11.3 Å². The van der Waals surface area contributed by atoms with E-state index in [9.17, 15) is 23.2 Å². The molecule has 2 heterocycles. The SMILES string of the molecule is Cc1ccc(-n2c(=O)c3sccc3n(CC(=O)NCc3ccc(F)cc3F)c2=O)cc1C. The van der Waals surface area contributed by atoms with Crippen molar-refractivity contribution in [1.29, 1.82) is 0 Å². The highest BCUT2D eigenvalue weighted by Crippen LogP contribution is 2.18. The molecule has 32 heavy (non-hydrogen) atoms. The Morgan fingerprint density at radius 2 is 1.81 bits per heavy atom. The number of carbonyl (C=O) groups excluding carboxylic acids is 1. The maximum atomic E-state index is 13.8. The molecule has 0 saturated carbocycles. The number of hydrogen-bond donors (Lipinski definition) is 1. The number of aromatic nitrogens is 2. The molecule has 1 N–H and O–H groups in total. The van der Waals surface area contributed by atoms with Crippen molar-refractivity contribution < 1.29 is 13.6 Å². The summed E-state index contributed by atoms with van der Waals surface area (Å²) in [4.78, 5) is 38.8. The van der Waals surface area contributed by atoms with Gasteiger partial charge < -0.3 is 5.32 Å². The van der Waals surface area contributed by atoms with Gasteiger partial charge in [-0.1, -0.05) is 12.1 Å². The van der Waals surface area contributed by atoms with Crippen LogP contribution in [0.2, 0.25) is 0 Å². The zero-order valence-corrected chi connectivity index (χ0v) is 18.1. The number of thiophene rings is 1. The molecule has 164 valence electrons. The Hall–Kier alpha value is -3.59. The van der Waals surface area contributed by atoms with E-state index in [4.69, 9.17) is 0 Å². The number of aryl methyl sites for hydroxylation is 2. The second-order valence-corrected chi connectivity index (χ2v) is 8.34. The molecule has 0 aliphatic rings. The number of rotatable bonds is 5. The third-order valence-corrected chi connectivity index (χ3v) is 6.19.